The molecule has 1 aromatic heterocycles. The van der Waals surface area contributed by atoms with Crippen LogP contribution in [0.25, 0.3) is 22.5 Å². The molecule has 3 aromatic rings. The maximum Gasteiger partial charge on any atom is 0.348 e. The highest BCUT2D eigenvalue weighted by Crippen LogP contribution is 2.25. The lowest BCUT2D eigenvalue weighted by atomic mass is 10.1. The number of ether oxygens (including phenoxy) is 2. The van der Waals surface area contributed by atoms with Crippen LogP contribution in [0.2, 0.25) is 0 Å². The van der Waals surface area contributed by atoms with Gasteiger partial charge in [0.15, 0.2) is 5.82 Å². The number of benzene rings is 2. The highest BCUT2D eigenvalue weighted by atomic mass is 19.1. The second-order valence-corrected chi connectivity index (χ2v) is 8.34. The van der Waals surface area contributed by atoms with Crippen LogP contribution in [0, 0.1) is 0 Å². The van der Waals surface area contributed by atoms with E-state index in [2.05, 4.69) is 9.97 Å². The Labute approximate surface area is 199 Å². The Bertz CT molecular complexity index is 1050. The third-order valence-electron chi connectivity index (χ3n) is 5.55. The molecule has 2 unspecified atom stereocenters. The largest absolute Gasteiger partial charge is 0.491 e. The topological polar surface area (TPSA) is 61.3 Å². The molecule has 0 fully saturated rings. The van der Waals surface area contributed by atoms with Gasteiger partial charge in [-0.05, 0) is 61.7 Å². The highest BCUT2D eigenvalue weighted by molar-refractivity contribution is 5.81. The van der Waals surface area contributed by atoms with Gasteiger partial charge in [-0.2, -0.15) is 0 Å². The molecule has 0 aliphatic carbocycles. The Hall–Kier alpha value is -3.35. The van der Waals surface area contributed by atoms with E-state index in [9.17, 15) is 13.6 Å². The molecule has 34 heavy (non-hydrogen) atoms. The van der Waals surface area contributed by atoms with Crippen LogP contribution in [-0.4, -0.2) is 34.4 Å². The smallest absolute Gasteiger partial charge is 0.348 e. The van der Waals surface area contributed by atoms with Gasteiger partial charge in [-0.25, -0.2) is 23.5 Å². The number of nitrogens with zero attached hydrogens (tertiary/aromatic N) is 2. The first-order valence-electron chi connectivity index (χ1n) is 11.5. The van der Waals surface area contributed by atoms with Crippen molar-refractivity contribution in [2.75, 3.05) is 6.61 Å². The molecule has 2 atom stereocenters. The number of aromatic nitrogens is 2. The van der Waals surface area contributed by atoms with Crippen LogP contribution < -0.4 is 9.47 Å². The molecule has 0 spiro atoms. The molecule has 0 N–H and O–H groups in total. The Kier molecular flexibility index (Phi) is 8.68. The molecule has 3 rings (SSSR count). The van der Waals surface area contributed by atoms with Crippen molar-refractivity contribution in [1.29, 1.82) is 0 Å². The average molecular weight is 469 g/mol. The lowest BCUT2D eigenvalue weighted by molar-refractivity contribution is -0.146. The number of unbranched alkanes of at least 4 members (excludes halogenated alkanes) is 1. The van der Waals surface area contributed by atoms with Crippen molar-refractivity contribution in [1.82, 2.24) is 9.97 Å². The van der Waals surface area contributed by atoms with Crippen molar-refractivity contribution in [3.8, 4) is 34.0 Å². The number of alkyl halides is 2. The van der Waals surface area contributed by atoms with Crippen LogP contribution in [0.15, 0.2) is 60.9 Å². The van der Waals surface area contributed by atoms with Gasteiger partial charge in [0.2, 0.25) is 5.67 Å². The van der Waals surface area contributed by atoms with E-state index in [1.165, 1.54) is 6.92 Å². The molecule has 0 amide bonds. The van der Waals surface area contributed by atoms with E-state index in [0.717, 1.165) is 29.5 Å². The average Bonchev–Trinajstić information content (AvgIpc) is 2.87. The van der Waals surface area contributed by atoms with Crippen molar-refractivity contribution >= 4 is 5.97 Å². The summed E-state index contributed by atoms with van der Waals surface area (Å²) in [7, 11) is 0. The highest BCUT2D eigenvalue weighted by Gasteiger charge is 2.33. The third kappa shape index (κ3) is 6.83. The van der Waals surface area contributed by atoms with Gasteiger partial charge < -0.3 is 9.47 Å². The van der Waals surface area contributed by atoms with Gasteiger partial charge in [-0.3, -0.25) is 0 Å². The van der Waals surface area contributed by atoms with Crippen molar-refractivity contribution < 1.29 is 23.0 Å². The van der Waals surface area contributed by atoms with Gasteiger partial charge in [0, 0.05) is 23.5 Å². The van der Waals surface area contributed by atoms with Crippen molar-refractivity contribution in [3.63, 3.8) is 0 Å². The van der Waals surface area contributed by atoms with Gasteiger partial charge in [0.05, 0.1) is 0 Å². The molecule has 2 aromatic carbocycles. The first-order valence-corrected chi connectivity index (χ1v) is 11.5. The van der Waals surface area contributed by atoms with E-state index in [1.54, 1.807) is 55.7 Å². The lowest BCUT2D eigenvalue weighted by Gasteiger charge is -2.16. The zero-order valence-corrected chi connectivity index (χ0v) is 19.8. The number of hydrogen-bond donors (Lipinski definition) is 0. The first-order chi connectivity index (χ1) is 16.3. The molecule has 0 bridgehead atoms. The molecule has 1 heterocycles. The van der Waals surface area contributed by atoms with E-state index in [-0.39, 0.29) is 18.8 Å². The summed E-state index contributed by atoms with van der Waals surface area (Å²) in [6.45, 7) is 4.88. The third-order valence-corrected chi connectivity index (χ3v) is 5.55. The fraction of sp³-hybridized carbons (Fsp3) is 0.370. The van der Waals surface area contributed by atoms with Crippen molar-refractivity contribution in [3.05, 3.63) is 60.9 Å². The van der Waals surface area contributed by atoms with Crippen LogP contribution in [-0.2, 0) is 4.79 Å². The number of rotatable bonds is 11. The molecule has 180 valence electrons. The van der Waals surface area contributed by atoms with E-state index in [0.29, 0.717) is 18.0 Å². The maximum atomic E-state index is 14.0. The summed E-state index contributed by atoms with van der Waals surface area (Å²) in [5, 5.41) is 0. The minimum Gasteiger partial charge on any atom is -0.491 e. The van der Waals surface area contributed by atoms with Gasteiger partial charge in [-0.15, -0.1) is 0 Å². The van der Waals surface area contributed by atoms with E-state index < -0.39 is 17.8 Å². The minimum absolute atomic E-state index is 0.0422. The monoisotopic (exact) mass is 468 g/mol. The lowest BCUT2D eigenvalue weighted by Crippen LogP contribution is -2.33. The summed E-state index contributed by atoms with van der Waals surface area (Å²) < 4.78 is 38.4. The zero-order valence-electron chi connectivity index (χ0n) is 19.8. The van der Waals surface area contributed by atoms with Gasteiger partial charge in [0.1, 0.15) is 24.3 Å². The summed E-state index contributed by atoms with van der Waals surface area (Å²) >= 11 is 0. The number of halogens is 2. The molecular formula is C27H30F2N2O3. The van der Waals surface area contributed by atoms with E-state index >= 15 is 0 Å². The Morgan fingerprint density at radius 3 is 2.12 bits per heavy atom. The molecular weight excluding hydrogens is 438 g/mol. The molecule has 5 nitrogen and oxygen atoms in total. The second-order valence-electron chi connectivity index (χ2n) is 8.34. The van der Waals surface area contributed by atoms with Crippen LogP contribution in [0.5, 0.6) is 11.5 Å². The summed E-state index contributed by atoms with van der Waals surface area (Å²) in [5.41, 5.74) is 0.412. The Morgan fingerprint density at radius 1 is 0.941 bits per heavy atom. The predicted octanol–water partition coefficient (Wildman–Crippen LogP) is 6.76. The first kappa shape index (κ1) is 25.3. The number of carbonyl (C=O) groups is 1. The van der Waals surface area contributed by atoms with E-state index in [1.807, 2.05) is 19.1 Å². The predicted molar refractivity (Wildman–Crippen MR) is 128 cm³/mol. The van der Waals surface area contributed by atoms with Crippen LogP contribution in [0.3, 0.4) is 0 Å². The molecule has 0 aliphatic heterocycles. The number of carbonyl (C=O) groups excluding carboxylic acids is 1. The molecule has 0 radical (unpaired) electrons. The van der Waals surface area contributed by atoms with Gasteiger partial charge >= 0.3 is 5.97 Å². The normalized spacial score (nSPS) is 13.7. The number of hydrogen-bond acceptors (Lipinski definition) is 5. The summed E-state index contributed by atoms with van der Waals surface area (Å²) in [6.07, 6.45) is 4.81. The second kappa shape index (κ2) is 11.7. The Morgan fingerprint density at radius 2 is 1.53 bits per heavy atom. The van der Waals surface area contributed by atoms with Crippen LogP contribution in [0.4, 0.5) is 8.78 Å². The van der Waals surface area contributed by atoms with Crippen molar-refractivity contribution in [2.45, 2.75) is 58.3 Å². The van der Waals surface area contributed by atoms with Gasteiger partial charge in [-0.1, -0.05) is 38.8 Å². The molecule has 7 heteroatoms. The van der Waals surface area contributed by atoms with E-state index in [4.69, 9.17) is 9.47 Å². The minimum atomic E-state index is -2.02. The van der Waals surface area contributed by atoms with Crippen LogP contribution >= 0.6 is 0 Å². The Balaban J connectivity index is 1.60. The SMILES string of the molecule is CCCCC(F)COc1ccc(-c2ncc(-c3ccc(OC(=O)C(C)(F)CC)cc3)cn2)cc1. The molecule has 0 saturated heterocycles. The summed E-state index contributed by atoms with van der Waals surface area (Å²) in [6, 6.07) is 14.0. The molecule has 0 saturated carbocycles. The fourth-order valence-corrected chi connectivity index (χ4v) is 3.10. The van der Waals surface area contributed by atoms with Gasteiger partial charge in [0.25, 0.3) is 0 Å². The zero-order chi connectivity index (χ0) is 24.6. The standard InChI is InChI=1S/C27H30F2N2O3/c1-4-6-7-22(28)18-33-23-12-10-20(11-13-23)25-30-16-21(17-31-25)19-8-14-24(15-9-19)34-26(32)27(3,29)5-2/h8-17,22H,4-7,18H2,1-3H3. The fourth-order valence-electron chi connectivity index (χ4n) is 3.10. The molecule has 0 aliphatic rings. The quantitative estimate of drug-likeness (QED) is 0.230. The van der Waals surface area contributed by atoms with Crippen molar-refractivity contribution in [2.24, 2.45) is 0 Å². The number of esters is 1. The summed E-state index contributed by atoms with van der Waals surface area (Å²) in [5.74, 6) is 0.518. The maximum absolute atomic E-state index is 14.0. The van der Waals surface area contributed by atoms with Crippen LogP contribution in [0.1, 0.15) is 46.5 Å². The summed E-state index contributed by atoms with van der Waals surface area (Å²) in [4.78, 5) is 20.7.